The van der Waals surface area contributed by atoms with E-state index < -0.39 is 15.9 Å². The standard InChI is InChI=1S/C22H30N4O4S/c1-5-26(6-2)21(17-10-8-7-9-11-17)15-23-22(28)19-14-18(24-16(3)27)12-13-20(19)25-31(4,29)30/h7-14,21,25H,5-6,15H2,1-4H3,(H,23,28)(H,24,27). The molecule has 0 bridgehead atoms. The summed E-state index contributed by atoms with van der Waals surface area (Å²) in [5, 5.41) is 5.54. The fourth-order valence-corrected chi connectivity index (χ4v) is 3.96. The van der Waals surface area contributed by atoms with Gasteiger partial charge in [-0.25, -0.2) is 8.42 Å². The summed E-state index contributed by atoms with van der Waals surface area (Å²) in [5.41, 5.74) is 1.75. The first-order valence-corrected chi connectivity index (χ1v) is 12.0. The van der Waals surface area contributed by atoms with Gasteiger partial charge in [0.05, 0.1) is 23.5 Å². The third-order valence-corrected chi connectivity index (χ3v) is 5.36. The van der Waals surface area contributed by atoms with Crippen molar-refractivity contribution in [3.63, 3.8) is 0 Å². The Labute approximate surface area is 184 Å². The lowest BCUT2D eigenvalue weighted by Crippen LogP contribution is -2.38. The zero-order valence-electron chi connectivity index (χ0n) is 18.3. The van der Waals surface area contributed by atoms with Crippen molar-refractivity contribution in [2.75, 3.05) is 35.9 Å². The van der Waals surface area contributed by atoms with Crippen LogP contribution in [0.3, 0.4) is 0 Å². The highest BCUT2D eigenvalue weighted by atomic mass is 32.2. The Morgan fingerprint density at radius 3 is 2.23 bits per heavy atom. The molecule has 0 heterocycles. The van der Waals surface area contributed by atoms with Crippen molar-refractivity contribution in [2.45, 2.75) is 26.8 Å². The van der Waals surface area contributed by atoms with E-state index in [1.54, 1.807) is 0 Å². The molecule has 0 saturated carbocycles. The summed E-state index contributed by atoms with van der Waals surface area (Å²) < 4.78 is 25.8. The van der Waals surface area contributed by atoms with E-state index >= 15 is 0 Å². The third-order valence-electron chi connectivity index (χ3n) is 4.77. The van der Waals surface area contributed by atoms with Crippen LogP contribution >= 0.6 is 0 Å². The van der Waals surface area contributed by atoms with Gasteiger partial charge in [0.15, 0.2) is 0 Å². The number of anilines is 2. The first-order valence-electron chi connectivity index (χ1n) is 10.1. The lowest BCUT2D eigenvalue weighted by molar-refractivity contribution is -0.114. The van der Waals surface area contributed by atoms with Gasteiger partial charge in [0.1, 0.15) is 0 Å². The molecule has 0 fully saturated rings. The highest BCUT2D eigenvalue weighted by Gasteiger charge is 2.21. The molecule has 0 spiro atoms. The molecule has 3 N–H and O–H groups in total. The van der Waals surface area contributed by atoms with Crippen LogP contribution in [0.25, 0.3) is 0 Å². The maximum atomic E-state index is 13.0. The van der Waals surface area contributed by atoms with Gasteiger partial charge in [0, 0.05) is 19.2 Å². The summed E-state index contributed by atoms with van der Waals surface area (Å²) >= 11 is 0. The Morgan fingerprint density at radius 2 is 1.68 bits per heavy atom. The molecule has 2 amide bonds. The van der Waals surface area contributed by atoms with E-state index in [1.165, 1.54) is 25.1 Å². The number of nitrogens with one attached hydrogen (secondary N) is 3. The van der Waals surface area contributed by atoms with Crippen LogP contribution in [0.5, 0.6) is 0 Å². The quantitative estimate of drug-likeness (QED) is 0.520. The normalized spacial score (nSPS) is 12.3. The number of rotatable bonds is 10. The Hall–Kier alpha value is -2.91. The first kappa shape index (κ1) is 24.4. The molecule has 0 saturated heterocycles. The van der Waals surface area contributed by atoms with E-state index in [0.717, 1.165) is 24.9 Å². The Kier molecular flexibility index (Phi) is 8.58. The van der Waals surface area contributed by atoms with Gasteiger partial charge in [-0.3, -0.25) is 19.2 Å². The Balaban J connectivity index is 2.31. The topological polar surface area (TPSA) is 108 Å². The SMILES string of the molecule is CCN(CC)C(CNC(=O)c1cc(NC(C)=O)ccc1NS(C)(=O)=O)c1ccccc1. The lowest BCUT2D eigenvalue weighted by atomic mass is 10.0. The molecule has 2 aromatic rings. The minimum absolute atomic E-state index is 0.0370. The molecule has 0 radical (unpaired) electrons. The van der Waals surface area contributed by atoms with E-state index in [2.05, 4.69) is 34.1 Å². The third kappa shape index (κ3) is 7.37. The first-order chi connectivity index (χ1) is 14.6. The van der Waals surface area contributed by atoms with Crippen molar-refractivity contribution >= 4 is 33.2 Å². The molecule has 168 valence electrons. The number of nitrogens with zero attached hydrogens (tertiary/aromatic N) is 1. The lowest BCUT2D eigenvalue weighted by Gasteiger charge is -2.30. The van der Waals surface area contributed by atoms with Crippen molar-refractivity contribution in [1.82, 2.24) is 10.2 Å². The van der Waals surface area contributed by atoms with E-state index in [9.17, 15) is 18.0 Å². The van der Waals surface area contributed by atoms with Crippen LogP contribution in [0.4, 0.5) is 11.4 Å². The van der Waals surface area contributed by atoms with Gasteiger partial charge in [-0.15, -0.1) is 0 Å². The van der Waals surface area contributed by atoms with Crippen LogP contribution in [0, 0.1) is 0 Å². The maximum absolute atomic E-state index is 13.0. The highest BCUT2D eigenvalue weighted by Crippen LogP contribution is 2.23. The second kappa shape index (κ2) is 10.9. The number of sulfonamides is 1. The number of benzene rings is 2. The largest absolute Gasteiger partial charge is 0.350 e. The van der Waals surface area contributed by atoms with Gasteiger partial charge in [0.2, 0.25) is 15.9 Å². The molecule has 1 unspecified atom stereocenters. The average Bonchev–Trinajstić information content (AvgIpc) is 2.71. The predicted molar refractivity (Wildman–Crippen MR) is 124 cm³/mol. The molecule has 0 aromatic heterocycles. The van der Waals surface area contributed by atoms with Crippen molar-refractivity contribution in [2.24, 2.45) is 0 Å². The van der Waals surface area contributed by atoms with E-state index in [-0.39, 0.29) is 23.2 Å². The van der Waals surface area contributed by atoms with E-state index in [4.69, 9.17) is 0 Å². The summed E-state index contributed by atoms with van der Waals surface area (Å²) in [6, 6.07) is 14.3. The van der Waals surface area contributed by atoms with Gasteiger partial charge >= 0.3 is 0 Å². The smallest absolute Gasteiger partial charge is 0.253 e. The maximum Gasteiger partial charge on any atom is 0.253 e. The van der Waals surface area contributed by atoms with Crippen LogP contribution in [0.15, 0.2) is 48.5 Å². The molecular formula is C22H30N4O4S. The highest BCUT2D eigenvalue weighted by molar-refractivity contribution is 7.92. The fraction of sp³-hybridized carbons (Fsp3) is 0.364. The van der Waals surface area contributed by atoms with E-state index in [1.807, 2.05) is 30.3 Å². The summed E-state index contributed by atoms with van der Waals surface area (Å²) in [6.45, 7) is 7.44. The van der Waals surface area contributed by atoms with Gasteiger partial charge in [-0.05, 0) is 36.9 Å². The summed E-state index contributed by atoms with van der Waals surface area (Å²) in [7, 11) is -3.59. The summed E-state index contributed by atoms with van der Waals surface area (Å²) in [5.74, 6) is -0.729. The van der Waals surface area contributed by atoms with Gasteiger partial charge in [-0.1, -0.05) is 44.2 Å². The van der Waals surface area contributed by atoms with Crippen LogP contribution in [0.2, 0.25) is 0 Å². The van der Waals surface area contributed by atoms with E-state index in [0.29, 0.717) is 12.2 Å². The molecule has 2 aromatic carbocycles. The number of amides is 2. The number of carbonyl (C=O) groups is 2. The number of likely N-dealkylation sites (N-methyl/N-ethyl adjacent to an activating group) is 1. The van der Waals surface area contributed by atoms with Gasteiger partial charge < -0.3 is 10.6 Å². The molecule has 0 aliphatic carbocycles. The zero-order chi connectivity index (χ0) is 23.0. The zero-order valence-corrected chi connectivity index (χ0v) is 19.1. The summed E-state index contributed by atoms with van der Waals surface area (Å²) in [4.78, 5) is 26.7. The Morgan fingerprint density at radius 1 is 1.03 bits per heavy atom. The minimum atomic E-state index is -3.59. The second-order valence-electron chi connectivity index (χ2n) is 7.17. The van der Waals surface area contributed by atoms with Gasteiger partial charge in [0.25, 0.3) is 5.91 Å². The van der Waals surface area contributed by atoms with Crippen molar-refractivity contribution in [3.05, 3.63) is 59.7 Å². The summed E-state index contributed by atoms with van der Waals surface area (Å²) in [6.07, 6.45) is 1.02. The molecule has 31 heavy (non-hydrogen) atoms. The number of carbonyl (C=O) groups excluding carboxylic acids is 2. The molecule has 8 nitrogen and oxygen atoms in total. The van der Waals surface area contributed by atoms with Crippen molar-refractivity contribution in [1.29, 1.82) is 0 Å². The van der Waals surface area contributed by atoms with Crippen LogP contribution in [-0.2, 0) is 14.8 Å². The van der Waals surface area contributed by atoms with Crippen molar-refractivity contribution < 1.29 is 18.0 Å². The Bertz CT molecular complexity index is 1010. The van der Waals surface area contributed by atoms with Crippen LogP contribution in [0.1, 0.15) is 42.7 Å². The molecule has 0 aliphatic rings. The molecule has 2 rings (SSSR count). The van der Waals surface area contributed by atoms with Gasteiger partial charge in [-0.2, -0.15) is 0 Å². The second-order valence-corrected chi connectivity index (χ2v) is 8.92. The minimum Gasteiger partial charge on any atom is -0.350 e. The monoisotopic (exact) mass is 446 g/mol. The number of hydrogen-bond acceptors (Lipinski definition) is 5. The molecule has 1 atom stereocenters. The molecule has 9 heteroatoms. The van der Waals surface area contributed by atoms with Crippen molar-refractivity contribution in [3.8, 4) is 0 Å². The fourth-order valence-electron chi connectivity index (χ4n) is 3.38. The average molecular weight is 447 g/mol. The number of hydrogen-bond donors (Lipinski definition) is 3. The molecular weight excluding hydrogens is 416 g/mol. The van der Waals surface area contributed by atoms with Crippen LogP contribution < -0.4 is 15.4 Å². The van der Waals surface area contributed by atoms with Crippen LogP contribution in [-0.4, -0.2) is 51.0 Å². The predicted octanol–water partition coefficient (Wildman–Crippen LogP) is 2.83. The molecule has 0 aliphatic heterocycles.